The number of H-pyrrole nitrogens is 1. The van der Waals surface area contributed by atoms with Gasteiger partial charge in [-0.15, -0.1) is 11.3 Å². The van der Waals surface area contributed by atoms with Crippen molar-refractivity contribution >= 4 is 35.4 Å². The number of hydrogen-bond acceptors (Lipinski definition) is 6. The SMILES string of the molecule is COC(=O)c1ccc(CNC(=O)Cn2c(-c3cccs3)n[nH]c2=S)cc1. The minimum absolute atomic E-state index is 0.0722. The van der Waals surface area contributed by atoms with Gasteiger partial charge in [0.05, 0.1) is 17.6 Å². The average Bonchev–Trinajstić information content (AvgIpc) is 3.30. The largest absolute Gasteiger partial charge is 0.465 e. The average molecular weight is 388 g/mol. The van der Waals surface area contributed by atoms with Gasteiger partial charge in [-0.25, -0.2) is 4.79 Å². The van der Waals surface area contributed by atoms with Crippen LogP contribution in [0.5, 0.6) is 0 Å². The van der Waals surface area contributed by atoms with E-state index in [0.717, 1.165) is 10.4 Å². The Bertz CT molecular complexity index is 959. The molecule has 0 spiro atoms. The van der Waals surface area contributed by atoms with E-state index in [2.05, 4.69) is 20.3 Å². The first kappa shape index (κ1) is 18.0. The maximum Gasteiger partial charge on any atom is 0.337 e. The molecule has 0 fully saturated rings. The van der Waals surface area contributed by atoms with Gasteiger partial charge in [0.1, 0.15) is 6.54 Å². The number of thiophene rings is 1. The van der Waals surface area contributed by atoms with E-state index in [1.165, 1.54) is 18.4 Å². The first-order valence-electron chi connectivity index (χ1n) is 7.71. The number of methoxy groups -OCH3 is 1. The van der Waals surface area contributed by atoms with Crippen LogP contribution in [0.4, 0.5) is 0 Å². The molecule has 7 nitrogen and oxygen atoms in total. The van der Waals surface area contributed by atoms with Crippen LogP contribution in [0.15, 0.2) is 41.8 Å². The van der Waals surface area contributed by atoms with Crippen LogP contribution >= 0.6 is 23.6 Å². The number of hydrogen-bond donors (Lipinski definition) is 2. The molecular weight excluding hydrogens is 372 g/mol. The lowest BCUT2D eigenvalue weighted by atomic mass is 10.1. The summed E-state index contributed by atoms with van der Waals surface area (Å²) in [5, 5.41) is 11.7. The highest BCUT2D eigenvalue weighted by Crippen LogP contribution is 2.22. The van der Waals surface area contributed by atoms with Crippen molar-refractivity contribution in [1.82, 2.24) is 20.1 Å². The number of benzene rings is 1. The monoisotopic (exact) mass is 388 g/mol. The normalized spacial score (nSPS) is 10.5. The molecule has 0 aliphatic rings. The lowest BCUT2D eigenvalue weighted by molar-refractivity contribution is -0.121. The molecule has 2 aromatic heterocycles. The van der Waals surface area contributed by atoms with Gasteiger partial charge in [0.25, 0.3) is 0 Å². The van der Waals surface area contributed by atoms with E-state index in [-0.39, 0.29) is 12.5 Å². The standard InChI is InChI=1S/C17H16N4O3S2/c1-24-16(23)12-6-4-11(5-7-12)9-18-14(22)10-21-15(19-20-17(21)25)13-3-2-8-26-13/h2-8H,9-10H2,1H3,(H,18,22)(H,20,25). The number of nitrogens with zero attached hydrogens (tertiary/aromatic N) is 2. The van der Waals surface area contributed by atoms with Crippen LogP contribution in [-0.4, -0.2) is 33.8 Å². The van der Waals surface area contributed by atoms with Crippen LogP contribution in [0.25, 0.3) is 10.7 Å². The van der Waals surface area contributed by atoms with Crippen LogP contribution in [0.2, 0.25) is 0 Å². The second-order valence-electron chi connectivity index (χ2n) is 5.38. The number of carbonyl (C=O) groups excluding carboxylic acids is 2. The summed E-state index contributed by atoms with van der Waals surface area (Å²) in [4.78, 5) is 24.6. The fraction of sp³-hybridized carbons (Fsp3) is 0.176. The zero-order valence-electron chi connectivity index (χ0n) is 13.9. The molecule has 0 radical (unpaired) electrons. The number of aromatic nitrogens is 3. The maximum atomic E-state index is 12.3. The van der Waals surface area contributed by atoms with Crippen molar-refractivity contribution in [3.8, 4) is 10.7 Å². The summed E-state index contributed by atoms with van der Waals surface area (Å²) in [6.07, 6.45) is 0. The molecule has 0 aliphatic heterocycles. The summed E-state index contributed by atoms with van der Waals surface area (Å²) in [6.45, 7) is 0.419. The van der Waals surface area contributed by atoms with E-state index < -0.39 is 5.97 Å². The summed E-state index contributed by atoms with van der Waals surface area (Å²) in [6, 6.07) is 10.7. The second kappa shape index (κ2) is 8.07. The maximum absolute atomic E-state index is 12.3. The first-order valence-corrected chi connectivity index (χ1v) is 9.00. The molecule has 0 saturated carbocycles. The topological polar surface area (TPSA) is 89.0 Å². The summed E-state index contributed by atoms with van der Waals surface area (Å²) < 4.78 is 6.71. The van der Waals surface area contributed by atoms with Crippen LogP contribution < -0.4 is 5.32 Å². The summed E-state index contributed by atoms with van der Waals surface area (Å²) in [5.41, 5.74) is 1.34. The Morgan fingerprint density at radius 3 is 2.73 bits per heavy atom. The number of esters is 1. The minimum Gasteiger partial charge on any atom is -0.465 e. The van der Waals surface area contributed by atoms with Crippen molar-refractivity contribution in [3.05, 3.63) is 57.7 Å². The number of amides is 1. The van der Waals surface area contributed by atoms with E-state index in [1.807, 2.05) is 17.5 Å². The number of carbonyl (C=O) groups is 2. The fourth-order valence-corrected chi connectivity index (χ4v) is 3.25. The summed E-state index contributed by atoms with van der Waals surface area (Å²) >= 11 is 6.75. The van der Waals surface area contributed by atoms with E-state index in [0.29, 0.717) is 22.7 Å². The number of ether oxygens (including phenoxy) is 1. The highest BCUT2D eigenvalue weighted by Gasteiger charge is 2.13. The van der Waals surface area contributed by atoms with Gasteiger partial charge in [0, 0.05) is 6.54 Å². The predicted octanol–water partition coefficient (Wildman–Crippen LogP) is 2.77. The van der Waals surface area contributed by atoms with Gasteiger partial charge in [0.2, 0.25) is 5.91 Å². The molecule has 2 N–H and O–H groups in total. The number of rotatable bonds is 6. The Labute approximate surface area is 158 Å². The number of aromatic amines is 1. The van der Waals surface area contributed by atoms with E-state index in [9.17, 15) is 9.59 Å². The highest BCUT2D eigenvalue weighted by molar-refractivity contribution is 7.71. The van der Waals surface area contributed by atoms with E-state index in [4.69, 9.17) is 12.2 Å². The van der Waals surface area contributed by atoms with Gasteiger partial charge in [0.15, 0.2) is 10.6 Å². The van der Waals surface area contributed by atoms with Gasteiger partial charge < -0.3 is 10.1 Å². The molecule has 9 heteroatoms. The van der Waals surface area contributed by atoms with E-state index >= 15 is 0 Å². The van der Waals surface area contributed by atoms with Crippen LogP contribution in [-0.2, 0) is 22.6 Å². The fourth-order valence-electron chi connectivity index (χ4n) is 2.33. The van der Waals surface area contributed by atoms with E-state index in [1.54, 1.807) is 28.8 Å². The van der Waals surface area contributed by atoms with Crippen LogP contribution in [0, 0.1) is 4.77 Å². The Morgan fingerprint density at radius 2 is 2.08 bits per heavy atom. The minimum atomic E-state index is -0.393. The van der Waals surface area contributed by atoms with Gasteiger partial charge in [-0.1, -0.05) is 18.2 Å². The van der Waals surface area contributed by atoms with Crippen molar-refractivity contribution in [2.75, 3.05) is 7.11 Å². The Hall–Kier alpha value is -2.78. The lowest BCUT2D eigenvalue weighted by Gasteiger charge is -2.08. The van der Waals surface area contributed by atoms with Crippen molar-refractivity contribution in [2.24, 2.45) is 0 Å². The third-order valence-corrected chi connectivity index (χ3v) is 4.84. The third kappa shape index (κ3) is 4.06. The Morgan fingerprint density at radius 1 is 1.31 bits per heavy atom. The molecule has 1 amide bonds. The van der Waals surface area contributed by atoms with Gasteiger partial charge >= 0.3 is 5.97 Å². The molecule has 0 atom stereocenters. The molecule has 2 heterocycles. The van der Waals surface area contributed by atoms with Crippen LogP contribution in [0.3, 0.4) is 0 Å². The van der Waals surface area contributed by atoms with Gasteiger partial charge in [-0.3, -0.25) is 14.5 Å². The van der Waals surface area contributed by atoms with Crippen molar-refractivity contribution in [1.29, 1.82) is 0 Å². The quantitative estimate of drug-likeness (QED) is 0.501. The molecule has 134 valence electrons. The predicted molar refractivity (Wildman–Crippen MR) is 100 cm³/mol. The van der Waals surface area contributed by atoms with Crippen molar-refractivity contribution in [2.45, 2.75) is 13.1 Å². The lowest BCUT2D eigenvalue weighted by Crippen LogP contribution is -2.27. The second-order valence-corrected chi connectivity index (χ2v) is 6.72. The van der Waals surface area contributed by atoms with Crippen molar-refractivity contribution < 1.29 is 14.3 Å². The van der Waals surface area contributed by atoms with Gasteiger partial charge in [-0.2, -0.15) is 5.10 Å². The third-order valence-electron chi connectivity index (χ3n) is 3.67. The first-order chi connectivity index (χ1) is 12.6. The van der Waals surface area contributed by atoms with Crippen LogP contribution in [0.1, 0.15) is 15.9 Å². The molecule has 0 bridgehead atoms. The molecule has 3 rings (SSSR count). The molecular formula is C17H16N4O3S2. The zero-order valence-corrected chi connectivity index (χ0v) is 15.5. The number of nitrogens with one attached hydrogen (secondary N) is 2. The molecule has 1 aromatic carbocycles. The van der Waals surface area contributed by atoms with Gasteiger partial charge in [-0.05, 0) is 41.4 Å². The Kier molecular flexibility index (Phi) is 5.59. The summed E-state index contributed by atoms with van der Waals surface area (Å²) in [7, 11) is 1.34. The molecule has 3 aromatic rings. The van der Waals surface area contributed by atoms with Crippen molar-refractivity contribution in [3.63, 3.8) is 0 Å². The highest BCUT2D eigenvalue weighted by atomic mass is 32.1. The summed E-state index contributed by atoms with van der Waals surface area (Å²) in [5.74, 6) is 0.0657. The zero-order chi connectivity index (χ0) is 18.5. The Balaban J connectivity index is 1.63. The smallest absolute Gasteiger partial charge is 0.337 e. The molecule has 26 heavy (non-hydrogen) atoms. The molecule has 0 aliphatic carbocycles. The molecule has 0 unspecified atom stereocenters. The molecule has 0 saturated heterocycles.